The van der Waals surface area contributed by atoms with Crippen molar-refractivity contribution in [2.75, 3.05) is 6.61 Å². The zero-order valence-electron chi connectivity index (χ0n) is 18.7. The second kappa shape index (κ2) is 10.1. The van der Waals surface area contributed by atoms with Crippen LogP contribution in [0, 0.1) is 0 Å². The molecule has 2 aromatic heterocycles. The van der Waals surface area contributed by atoms with Gasteiger partial charge in [0.1, 0.15) is 28.4 Å². The lowest BCUT2D eigenvalue weighted by Gasteiger charge is -2.09. The lowest BCUT2D eigenvalue weighted by Crippen LogP contribution is -2.27. The summed E-state index contributed by atoms with van der Waals surface area (Å²) in [7, 11) is 0. The summed E-state index contributed by atoms with van der Waals surface area (Å²) >= 11 is 0. The van der Waals surface area contributed by atoms with E-state index in [9.17, 15) is 14.4 Å². The van der Waals surface area contributed by atoms with Gasteiger partial charge in [-0.05, 0) is 53.9 Å². The van der Waals surface area contributed by atoms with Crippen molar-refractivity contribution < 1.29 is 27.9 Å². The summed E-state index contributed by atoms with van der Waals surface area (Å²) in [6.07, 6.45) is 1.49. The Bertz CT molecular complexity index is 1350. The van der Waals surface area contributed by atoms with Crippen molar-refractivity contribution in [1.82, 2.24) is 5.32 Å². The van der Waals surface area contributed by atoms with E-state index in [1.54, 1.807) is 36.4 Å². The van der Waals surface area contributed by atoms with E-state index in [1.807, 2.05) is 12.1 Å². The average molecular weight is 461 g/mol. The van der Waals surface area contributed by atoms with E-state index in [0.29, 0.717) is 22.8 Å². The van der Waals surface area contributed by atoms with Crippen molar-refractivity contribution in [2.24, 2.45) is 0 Å². The lowest BCUT2D eigenvalue weighted by molar-refractivity contribution is -0.136. The van der Waals surface area contributed by atoms with Gasteiger partial charge in [0.25, 0.3) is 5.91 Å². The molecule has 4 aromatic rings. The molecule has 0 aliphatic heterocycles. The molecule has 1 N–H and O–H groups in total. The van der Waals surface area contributed by atoms with Crippen LogP contribution < -0.4 is 20.4 Å². The monoisotopic (exact) mass is 461 g/mol. The van der Waals surface area contributed by atoms with Gasteiger partial charge in [-0.3, -0.25) is 4.79 Å². The highest BCUT2D eigenvalue weighted by atomic mass is 16.6. The van der Waals surface area contributed by atoms with Crippen molar-refractivity contribution in [3.63, 3.8) is 0 Å². The Morgan fingerprint density at radius 1 is 1.00 bits per heavy atom. The number of ether oxygens (including phenoxy) is 2. The van der Waals surface area contributed by atoms with Crippen LogP contribution in [0.5, 0.6) is 11.5 Å². The van der Waals surface area contributed by atoms with E-state index < -0.39 is 17.5 Å². The van der Waals surface area contributed by atoms with Gasteiger partial charge in [-0.25, -0.2) is 9.59 Å². The summed E-state index contributed by atoms with van der Waals surface area (Å²) < 4.78 is 21.2. The molecule has 34 heavy (non-hydrogen) atoms. The molecular weight excluding hydrogens is 438 g/mol. The number of esters is 1. The molecular formula is C26H23NO7. The highest BCUT2D eigenvalue weighted by molar-refractivity contribution is 5.96. The average Bonchev–Trinajstić information content (AvgIpc) is 3.35. The van der Waals surface area contributed by atoms with Gasteiger partial charge in [0.15, 0.2) is 6.61 Å². The van der Waals surface area contributed by atoms with Gasteiger partial charge in [0.05, 0.1) is 12.8 Å². The van der Waals surface area contributed by atoms with E-state index in [0.717, 1.165) is 0 Å². The van der Waals surface area contributed by atoms with Crippen LogP contribution in [0.2, 0.25) is 0 Å². The maximum absolute atomic E-state index is 12.4. The quantitative estimate of drug-likeness (QED) is 0.235. The smallest absolute Gasteiger partial charge is 0.349 e. The number of carbonyl (C=O) groups is 2. The number of carbonyl (C=O) groups excluding carboxylic acids is 2. The topological polar surface area (TPSA) is 108 Å². The first-order chi connectivity index (χ1) is 16.4. The first-order valence-electron chi connectivity index (χ1n) is 10.7. The fourth-order valence-corrected chi connectivity index (χ4v) is 3.24. The molecule has 0 saturated heterocycles. The van der Waals surface area contributed by atoms with Gasteiger partial charge < -0.3 is 23.6 Å². The Morgan fingerprint density at radius 3 is 2.47 bits per heavy atom. The number of amides is 1. The third-order valence-corrected chi connectivity index (χ3v) is 5.09. The van der Waals surface area contributed by atoms with Crippen LogP contribution in [-0.2, 0) is 11.3 Å². The van der Waals surface area contributed by atoms with Gasteiger partial charge in [0, 0.05) is 11.5 Å². The summed E-state index contributed by atoms with van der Waals surface area (Å²) in [5.41, 5.74) is 0.413. The third-order valence-electron chi connectivity index (χ3n) is 5.09. The minimum Gasteiger partial charge on any atom is -0.482 e. The van der Waals surface area contributed by atoms with E-state index in [4.69, 9.17) is 18.3 Å². The predicted molar refractivity (Wildman–Crippen MR) is 124 cm³/mol. The molecule has 0 bridgehead atoms. The van der Waals surface area contributed by atoms with E-state index in [-0.39, 0.29) is 30.0 Å². The maximum atomic E-state index is 12.4. The van der Waals surface area contributed by atoms with Crippen LogP contribution in [0.15, 0.2) is 80.6 Å². The second-order valence-electron chi connectivity index (χ2n) is 7.90. The molecule has 0 aliphatic rings. The number of benzene rings is 2. The van der Waals surface area contributed by atoms with Crippen LogP contribution in [0.1, 0.15) is 41.4 Å². The Balaban J connectivity index is 1.38. The fraction of sp³-hybridized carbons (Fsp3) is 0.192. The number of nitrogens with one attached hydrogen (secondary N) is 1. The molecule has 2 heterocycles. The number of furan rings is 1. The van der Waals surface area contributed by atoms with Gasteiger partial charge in [-0.15, -0.1) is 0 Å². The van der Waals surface area contributed by atoms with Crippen molar-refractivity contribution >= 4 is 22.8 Å². The van der Waals surface area contributed by atoms with E-state index >= 15 is 0 Å². The fourth-order valence-electron chi connectivity index (χ4n) is 3.24. The normalized spacial score (nSPS) is 10.9. The molecule has 4 rings (SSSR count). The first-order valence-corrected chi connectivity index (χ1v) is 10.7. The van der Waals surface area contributed by atoms with Crippen LogP contribution >= 0.6 is 0 Å². The summed E-state index contributed by atoms with van der Waals surface area (Å²) in [6.45, 7) is 4.05. The highest BCUT2D eigenvalue weighted by Gasteiger charge is 2.15. The highest BCUT2D eigenvalue weighted by Crippen LogP contribution is 2.22. The standard InChI is InChI=1S/C26H23NO7/c1-16(2)17-5-8-19(9-6-17)32-15-24(28)33-20-10-7-18-12-22(26(30)34-23(18)13-20)25(29)27-14-21-4-3-11-31-21/h3-13,16H,14-15H2,1-2H3,(H,27,29). The number of hydrogen-bond donors (Lipinski definition) is 1. The third kappa shape index (κ3) is 5.53. The molecule has 8 nitrogen and oxygen atoms in total. The zero-order valence-corrected chi connectivity index (χ0v) is 18.7. The van der Waals surface area contributed by atoms with Crippen molar-refractivity contribution in [3.05, 3.63) is 94.2 Å². The van der Waals surface area contributed by atoms with Gasteiger partial charge in [-0.1, -0.05) is 26.0 Å². The number of fused-ring (bicyclic) bond motifs is 1. The Morgan fingerprint density at radius 2 is 1.76 bits per heavy atom. The Kier molecular flexibility index (Phi) is 6.77. The summed E-state index contributed by atoms with van der Waals surface area (Å²) in [6, 6.07) is 16.9. The molecule has 8 heteroatoms. The molecule has 0 spiro atoms. The lowest BCUT2D eigenvalue weighted by atomic mass is 10.0. The van der Waals surface area contributed by atoms with E-state index in [1.165, 1.54) is 24.0 Å². The van der Waals surface area contributed by atoms with Gasteiger partial charge >= 0.3 is 11.6 Å². The van der Waals surface area contributed by atoms with Crippen LogP contribution in [-0.4, -0.2) is 18.5 Å². The molecule has 0 saturated carbocycles. The molecule has 174 valence electrons. The minimum absolute atomic E-state index is 0.138. The van der Waals surface area contributed by atoms with E-state index in [2.05, 4.69) is 19.2 Å². The molecule has 0 unspecified atom stereocenters. The van der Waals surface area contributed by atoms with Crippen molar-refractivity contribution in [1.29, 1.82) is 0 Å². The second-order valence-corrected chi connectivity index (χ2v) is 7.90. The number of rotatable bonds is 8. The molecule has 1 amide bonds. The largest absolute Gasteiger partial charge is 0.482 e. The predicted octanol–water partition coefficient (Wildman–Crippen LogP) is 4.42. The summed E-state index contributed by atoms with van der Waals surface area (Å²) in [4.78, 5) is 36.9. The molecule has 0 radical (unpaired) electrons. The molecule has 0 fully saturated rings. The number of hydrogen-bond acceptors (Lipinski definition) is 7. The Labute approximate surface area is 195 Å². The minimum atomic E-state index is -0.805. The first kappa shape index (κ1) is 22.8. The van der Waals surface area contributed by atoms with Gasteiger partial charge in [0.2, 0.25) is 0 Å². The van der Waals surface area contributed by atoms with Crippen molar-refractivity contribution in [3.8, 4) is 11.5 Å². The van der Waals surface area contributed by atoms with Crippen LogP contribution in [0.4, 0.5) is 0 Å². The summed E-state index contributed by atoms with van der Waals surface area (Å²) in [5.74, 6) is 0.517. The molecule has 0 aliphatic carbocycles. The van der Waals surface area contributed by atoms with Crippen LogP contribution in [0.25, 0.3) is 11.0 Å². The summed E-state index contributed by atoms with van der Waals surface area (Å²) in [5, 5.41) is 3.11. The van der Waals surface area contributed by atoms with Crippen molar-refractivity contribution in [2.45, 2.75) is 26.3 Å². The molecule has 0 atom stereocenters. The zero-order chi connectivity index (χ0) is 24.1. The maximum Gasteiger partial charge on any atom is 0.349 e. The Hall–Kier alpha value is -4.33. The SMILES string of the molecule is CC(C)c1ccc(OCC(=O)Oc2ccc3cc(C(=O)NCc4ccco4)c(=O)oc3c2)cc1. The van der Waals surface area contributed by atoms with Crippen LogP contribution in [0.3, 0.4) is 0 Å². The van der Waals surface area contributed by atoms with Gasteiger partial charge in [-0.2, -0.15) is 0 Å². The molecule has 2 aromatic carbocycles.